The molecule has 0 unspecified atom stereocenters. The average Bonchev–Trinajstić information content (AvgIpc) is 2.24. The Balaban J connectivity index is 2.50. The van der Waals surface area contributed by atoms with E-state index in [2.05, 4.69) is 5.32 Å². The minimum atomic E-state index is -0.923. The lowest BCUT2D eigenvalue weighted by Crippen LogP contribution is -2.14. The molecular formula is C12H17NO3. The fraction of sp³-hybridized carbons (Fsp3) is 0.417. The molecule has 0 heterocycles. The summed E-state index contributed by atoms with van der Waals surface area (Å²) in [6.45, 7) is 5.09. The highest BCUT2D eigenvalue weighted by molar-refractivity contribution is 5.94. The van der Waals surface area contributed by atoms with E-state index in [1.165, 1.54) is 0 Å². The summed E-state index contributed by atoms with van der Waals surface area (Å²) in [6.07, 6.45) is 0.191. The van der Waals surface area contributed by atoms with Crippen molar-refractivity contribution in [3.8, 4) is 0 Å². The maximum Gasteiger partial charge on any atom is 0.337 e. The topological polar surface area (TPSA) is 58.6 Å². The van der Waals surface area contributed by atoms with Crippen LogP contribution in [0.5, 0.6) is 0 Å². The van der Waals surface area contributed by atoms with Gasteiger partial charge in [-0.05, 0) is 26.0 Å². The molecule has 0 bridgehead atoms. The molecule has 0 fully saturated rings. The predicted octanol–water partition coefficient (Wildman–Crippen LogP) is 2.22. The van der Waals surface area contributed by atoms with Crippen LogP contribution in [-0.2, 0) is 4.74 Å². The lowest BCUT2D eigenvalue weighted by molar-refractivity contribution is 0.0697. The summed E-state index contributed by atoms with van der Waals surface area (Å²) < 4.78 is 5.35. The van der Waals surface area contributed by atoms with Crippen molar-refractivity contribution in [2.75, 3.05) is 18.5 Å². The number of nitrogens with one attached hydrogen (secondary N) is 1. The normalized spacial score (nSPS) is 10.4. The van der Waals surface area contributed by atoms with Gasteiger partial charge in [0.05, 0.1) is 18.3 Å². The molecule has 4 heteroatoms. The minimum Gasteiger partial charge on any atom is -0.478 e. The smallest absolute Gasteiger partial charge is 0.337 e. The van der Waals surface area contributed by atoms with E-state index < -0.39 is 5.97 Å². The van der Waals surface area contributed by atoms with Crippen LogP contribution in [0, 0.1) is 0 Å². The molecule has 0 aliphatic rings. The third-order valence-corrected chi connectivity index (χ3v) is 2.03. The number of hydrogen-bond donors (Lipinski definition) is 2. The number of rotatable bonds is 6. The van der Waals surface area contributed by atoms with Crippen molar-refractivity contribution < 1.29 is 14.6 Å². The van der Waals surface area contributed by atoms with Crippen molar-refractivity contribution in [3.63, 3.8) is 0 Å². The molecule has 0 atom stereocenters. The largest absolute Gasteiger partial charge is 0.478 e. The van der Waals surface area contributed by atoms with Gasteiger partial charge in [-0.3, -0.25) is 0 Å². The van der Waals surface area contributed by atoms with Crippen LogP contribution >= 0.6 is 0 Å². The fourth-order valence-electron chi connectivity index (χ4n) is 1.30. The third-order valence-electron chi connectivity index (χ3n) is 2.03. The summed E-state index contributed by atoms with van der Waals surface area (Å²) in [5.74, 6) is -0.923. The Bertz CT molecular complexity index is 350. The van der Waals surface area contributed by atoms with Gasteiger partial charge in [0.25, 0.3) is 0 Å². The zero-order chi connectivity index (χ0) is 12.0. The number of anilines is 1. The van der Waals surface area contributed by atoms with Gasteiger partial charge in [0.2, 0.25) is 0 Å². The summed E-state index contributed by atoms with van der Waals surface area (Å²) in [7, 11) is 0. The van der Waals surface area contributed by atoms with Crippen LogP contribution in [0.3, 0.4) is 0 Å². The lowest BCUT2D eigenvalue weighted by Gasteiger charge is -2.11. The van der Waals surface area contributed by atoms with Gasteiger partial charge in [0, 0.05) is 12.2 Å². The van der Waals surface area contributed by atoms with Gasteiger partial charge < -0.3 is 15.2 Å². The molecule has 0 aliphatic carbocycles. The molecule has 0 radical (unpaired) electrons. The number of carboxylic acids is 1. The molecule has 0 saturated carbocycles. The summed E-state index contributed by atoms with van der Waals surface area (Å²) in [5.41, 5.74) is 0.911. The average molecular weight is 223 g/mol. The second-order valence-corrected chi connectivity index (χ2v) is 3.70. The number of benzene rings is 1. The highest BCUT2D eigenvalue weighted by atomic mass is 16.5. The van der Waals surface area contributed by atoms with Crippen LogP contribution in [0.4, 0.5) is 5.69 Å². The molecule has 0 amide bonds. The Hall–Kier alpha value is -1.55. The van der Waals surface area contributed by atoms with E-state index in [1.54, 1.807) is 24.3 Å². The molecule has 1 aromatic rings. The predicted molar refractivity (Wildman–Crippen MR) is 63.0 cm³/mol. The minimum absolute atomic E-state index is 0.191. The summed E-state index contributed by atoms with van der Waals surface area (Å²) in [6, 6.07) is 6.84. The number of ether oxygens (including phenoxy) is 1. The maximum absolute atomic E-state index is 10.9. The number of aromatic carboxylic acids is 1. The van der Waals surface area contributed by atoms with Gasteiger partial charge in [0.15, 0.2) is 0 Å². The summed E-state index contributed by atoms with van der Waals surface area (Å²) in [5, 5.41) is 12.0. The number of carbonyl (C=O) groups is 1. The van der Waals surface area contributed by atoms with Crippen molar-refractivity contribution in [3.05, 3.63) is 29.8 Å². The lowest BCUT2D eigenvalue weighted by atomic mass is 10.2. The molecule has 0 aromatic heterocycles. The Morgan fingerprint density at radius 2 is 2.12 bits per heavy atom. The molecule has 4 nitrogen and oxygen atoms in total. The Morgan fingerprint density at radius 1 is 1.44 bits per heavy atom. The van der Waals surface area contributed by atoms with E-state index >= 15 is 0 Å². The van der Waals surface area contributed by atoms with Crippen molar-refractivity contribution in [2.24, 2.45) is 0 Å². The van der Waals surface area contributed by atoms with Gasteiger partial charge in [-0.15, -0.1) is 0 Å². The first kappa shape index (κ1) is 12.5. The second kappa shape index (κ2) is 6.12. The first-order chi connectivity index (χ1) is 7.61. The van der Waals surface area contributed by atoms with Crippen LogP contribution in [-0.4, -0.2) is 30.3 Å². The number of hydrogen-bond acceptors (Lipinski definition) is 3. The van der Waals surface area contributed by atoms with Crippen LogP contribution < -0.4 is 5.32 Å². The molecule has 1 rings (SSSR count). The van der Waals surface area contributed by atoms with Crippen LogP contribution in [0.25, 0.3) is 0 Å². The SMILES string of the molecule is CC(C)OCCNc1ccccc1C(=O)O. The Morgan fingerprint density at radius 3 is 2.75 bits per heavy atom. The third kappa shape index (κ3) is 3.90. The standard InChI is InChI=1S/C12H17NO3/c1-9(2)16-8-7-13-11-6-4-3-5-10(11)12(14)15/h3-6,9,13H,7-8H2,1-2H3,(H,14,15). The zero-order valence-corrected chi connectivity index (χ0v) is 9.56. The molecule has 2 N–H and O–H groups in total. The van der Waals surface area contributed by atoms with Crippen molar-refractivity contribution >= 4 is 11.7 Å². The highest BCUT2D eigenvalue weighted by Crippen LogP contribution is 2.14. The number of para-hydroxylation sites is 1. The number of carboxylic acid groups (broad SMARTS) is 1. The van der Waals surface area contributed by atoms with Gasteiger partial charge in [-0.1, -0.05) is 12.1 Å². The first-order valence-electron chi connectivity index (χ1n) is 5.29. The van der Waals surface area contributed by atoms with Crippen molar-refractivity contribution in [2.45, 2.75) is 20.0 Å². The summed E-state index contributed by atoms with van der Waals surface area (Å²) >= 11 is 0. The second-order valence-electron chi connectivity index (χ2n) is 3.70. The maximum atomic E-state index is 10.9. The Labute approximate surface area is 95.2 Å². The van der Waals surface area contributed by atoms with E-state index in [0.717, 1.165) is 0 Å². The van der Waals surface area contributed by atoms with Crippen LogP contribution in [0.1, 0.15) is 24.2 Å². The van der Waals surface area contributed by atoms with E-state index in [-0.39, 0.29) is 11.7 Å². The van der Waals surface area contributed by atoms with Gasteiger partial charge >= 0.3 is 5.97 Å². The Kier molecular flexibility index (Phi) is 4.79. The van der Waals surface area contributed by atoms with E-state index in [0.29, 0.717) is 18.8 Å². The molecule has 0 saturated heterocycles. The van der Waals surface area contributed by atoms with Crippen LogP contribution in [0.15, 0.2) is 24.3 Å². The molecular weight excluding hydrogens is 206 g/mol. The molecule has 1 aromatic carbocycles. The molecule has 16 heavy (non-hydrogen) atoms. The summed E-state index contributed by atoms with van der Waals surface area (Å²) in [4.78, 5) is 10.9. The quantitative estimate of drug-likeness (QED) is 0.726. The van der Waals surface area contributed by atoms with Gasteiger partial charge in [-0.2, -0.15) is 0 Å². The molecule has 88 valence electrons. The fourth-order valence-corrected chi connectivity index (χ4v) is 1.30. The molecule has 0 spiro atoms. The first-order valence-corrected chi connectivity index (χ1v) is 5.29. The zero-order valence-electron chi connectivity index (χ0n) is 9.56. The van der Waals surface area contributed by atoms with E-state index in [9.17, 15) is 4.79 Å². The highest BCUT2D eigenvalue weighted by Gasteiger charge is 2.07. The van der Waals surface area contributed by atoms with Crippen LogP contribution in [0.2, 0.25) is 0 Å². The van der Waals surface area contributed by atoms with Gasteiger partial charge in [-0.25, -0.2) is 4.79 Å². The van der Waals surface area contributed by atoms with Gasteiger partial charge in [0.1, 0.15) is 0 Å². The van der Waals surface area contributed by atoms with Crippen molar-refractivity contribution in [1.82, 2.24) is 0 Å². The van der Waals surface area contributed by atoms with E-state index in [4.69, 9.17) is 9.84 Å². The molecule has 0 aliphatic heterocycles. The monoisotopic (exact) mass is 223 g/mol. The van der Waals surface area contributed by atoms with Crippen molar-refractivity contribution in [1.29, 1.82) is 0 Å². The van der Waals surface area contributed by atoms with E-state index in [1.807, 2.05) is 13.8 Å².